The lowest BCUT2D eigenvalue weighted by molar-refractivity contribution is 0.209. The second-order valence-corrected chi connectivity index (χ2v) is 7.19. The van der Waals surface area contributed by atoms with Crippen LogP contribution in [-0.4, -0.2) is 15.7 Å². The normalized spacial score (nSPS) is 18.0. The molecule has 0 spiro atoms. The topological polar surface area (TPSA) is 55.0 Å². The van der Waals surface area contributed by atoms with Crippen LogP contribution in [0.3, 0.4) is 0 Å². The van der Waals surface area contributed by atoms with E-state index in [4.69, 9.17) is 4.74 Å². The van der Waals surface area contributed by atoms with Crippen LogP contribution in [-0.2, 0) is 5.41 Å². The Morgan fingerprint density at radius 3 is 2.86 bits per heavy atom. The van der Waals surface area contributed by atoms with Gasteiger partial charge >= 0.3 is 0 Å². The van der Waals surface area contributed by atoms with E-state index in [2.05, 4.69) is 9.97 Å². The molecular weight excluding hydrogens is 284 g/mol. The fourth-order valence-corrected chi connectivity index (χ4v) is 3.16. The molecule has 1 unspecified atom stereocenters. The summed E-state index contributed by atoms with van der Waals surface area (Å²) < 4.78 is 5.99. The summed E-state index contributed by atoms with van der Waals surface area (Å²) in [7, 11) is 0. The first-order chi connectivity index (χ1) is 9.93. The molecule has 5 heteroatoms. The number of ether oxygens (including phenoxy) is 1. The number of thioether (sulfide) groups is 1. The van der Waals surface area contributed by atoms with Crippen molar-refractivity contribution in [3.8, 4) is 5.75 Å². The van der Waals surface area contributed by atoms with Gasteiger partial charge in [0.1, 0.15) is 5.75 Å². The number of nitrogens with zero attached hydrogens (tertiary/aromatic N) is 1. The highest BCUT2D eigenvalue weighted by atomic mass is 32.2. The summed E-state index contributed by atoms with van der Waals surface area (Å²) in [6.07, 6.45) is -0.222. The van der Waals surface area contributed by atoms with E-state index in [1.54, 1.807) is 17.8 Å². The van der Waals surface area contributed by atoms with Crippen molar-refractivity contribution >= 4 is 11.8 Å². The molecule has 2 aromatic rings. The van der Waals surface area contributed by atoms with Crippen LogP contribution >= 0.6 is 11.8 Å². The van der Waals surface area contributed by atoms with Gasteiger partial charge in [-0.25, -0.2) is 4.98 Å². The Bertz CT molecular complexity index is 719. The number of hydrogen-bond acceptors (Lipinski definition) is 4. The van der Waals surface area contributed by atoms with Gasteiger partial charge in [0.15, 0.2) is 11.9 Å². The maximum atomic E-state index is 11.9. The lowest BCUT2D eigenvalue weighted by Gasteiger charge is -2.26. The van der Waals surface area contributed by atoms with Gasteiger partial charge in [0, 0.05) is 22.1 Å². The zero-order chi connectivity index (χ0) is 15.0. The summed E-state index contributed by atoms with van der Waals surface area (Å²) in [5.74, 6) is 2.20. The first-order valence-electron chi connectivity index (χ1n) is 6.94. The molecule has 0 saturated carbocycles. The Morgan fingerprint density at radius 2 is 2.10 bits per heavy atom. The van der Waals surface area contributed by atoms with Gasteiger partial charge in [-0.15, -0.1) is 11.8 Å². The number of hydrogen-bond donors (Lipinski definition) is 1. The third-order valence-corrected chi connectivity index (χ3v) is 4.46. The first-order valence-corrected chi connectivity index (χ1v) is 7.92. The Balaban J connectivity index is 1.95. The zero-order valence-electron chi connectivity index (χ0n) is 12.3. The van der Waals surface area contributed by atoms with Crippen molar-refractivity contribution < 1.29 is 4.74 Å². The molecule has 2 heterocycles. The van der Waals surface area contributed by atoms with E-state index in [0.29, 0.717) is 5.82 Å². The van der Waals surface area contributed by atoms with Crippen molar-refractivity contribution in [2.45, 2.75) is 37.2 Å². The average molecular weight is 302 g/mol. The van der Waals surface area contributed by atoms with E-state index in [9.17, 15) is 4.79 Å². The summed E-state index contributed by atoms with van der Waals surface area (Å²) in [4.78, 5) is 20.4. The lowest BCUT2D eigenvalue weighted by Crippen LogP contribution is -2.25. The molecule has 21 heavy (non-hydrogen) atoms. The van der Waals surface area contributed by atoms with E-state index >= 15 is 0 Å². The van der Waals surface area contributed by atoms with Crippen molar-refractivity contribution in [3.63, 3.8) is 0 Å². The highest BCUT2D eigenvalue weighted by Gasteiger charge is 2.25. The average Bonchev–Trinajstić information content (AvgIpc) is 2.45. The number of benzene rings is 1. The van der Waals surface area contributed by atoms with Crippen molar-refractivity contribution in [3.05, 3.63) is 52.2 Å². The highest BCUT2D eigenvalue weighted by Crippen LogP contribution is 2.39. The molecule has 0 saturated heterocycles. The fraction of sp³-hybridized carbons (Fsp3) is 0.375. The molecule has 1 aromatic carbocycles. The van der Waals surface area contributed by atoms with Crippen LogP contribution < -0.4 is 10.3 Å². The summed E-state index contributed by atoms with van der Waals surface area (Å²) >= 11 is 1.72. The second-order valence-electron chi connectivity index (χ2n) is 6.13. The Hall–Kier alpha value is -1.75. The van der Waals surface area contributed by atoms with Crippen molar-refractivity contribution in [1.29, 1.82) is 0 Å². The maximum absolute atomic E-state index is 11.9. The number of aromatic amines is 1. The molecule has 0 fully saturated rings. The zero-order valence-corrected chi connectivity index (χ0v) is 13.2. The van der Waals surface area contributed by atoms with E-state index in [1.165, 1.54) is 0 Å². The quantitative estimate of drug-likeness (QED) is 0.878. The summed E-state index contributed by atoms with van der Waals surface area (Å²) in [5.41, 5.74) is 0.494. The molecule has 0 bridgehead atoms. The SMILES string of the molecule is CC(C)(C)c1cc(=O)[nH]c(C2CSc3ccccc3O2)n1. The van der Waals surface area contributed by atoms with Gasteiger partial charge < -0.3 is 9.72 Å². The molecule has 1 aliphatic heterocycles. The lowest BCUT2D eigenvalue weighted by atomic mass is 9.92. The largest absolute Gasteiger partial charge is 0.480 e. The van der Waals surface area contributed by atoms with Crippen molar-refractivity contribution in [2.24, 2.45) is 0 Å². The molecule has 0 amide bonds. The van der Waals surface area contributed by atoms with Crippen LogP contribution in [0.5, 0.6) is 5.75 Å². The van der Waals surface area contributed by atoms with Gasteiger partial charge in [0.05, 0.1) is 5.69 Å². The van der Waals surface area contributed by atoms with E-state index in [0.717, 1.165) is 22.1 Å². The van der Waals surface area contributed by atoms with Gasteiger partial charge in [-0.2, -0.15) is 0 Å². The molecule has 1 atom stereocenters. The summed E-state index contributed by atoms with van der Waals surface area (Å²) in [6, 6.07) is 9.49. The van der Waals surface area contributed by atoms with Crippen molar-refractivity contribution in [1.82, 2.24) is 9.97 Å². The Kier molecular flexibility index (Phi) is 3.53. The van der Waals surface area contributed by atoms with Gasteiger partial charge in [0.25, 0.3) is 5.56 Å². The fourth-order valence-electron chi connectivity index (χ4n) is 2.17. The first kappa shape index (κ1) is 14.2. The smallest absolute Gasteiger partial charge is 0.251 e. The molecule has 1 N–H and O–H groups in total. The van der Waals surface area contributed by atoms with E-state index in [1.807, 2.05) is 45.0 Å². The molecule has 0 aliphatic carbocycles. The number of fused-ring (bicyclic) bond motifs is 1. The Morgan fingerprint density at radius 1 is 1.33 bits per heavy atom. The van der Waals surface area contributed by atoms with Crippen LogP contribution in [0.25, 0.3) is 0 Å². The number of nitrogens with one attached hydrogen (secondary N) is 1. The maximum Gasteiger partial charge on any atom is 0.251 e. The van der Waals surface area contributed by atoms with Gasteiger partial charge in [-0.05, 0) is 12.1 Å². The monoisotopic (exact) mass is 302 g/mol. The van der Waals surface area contributed by atoms with Crippen LogP contribution in [0.15, 0.2) is 40.0 Å². The van der Waals surface area contributed by atoms with Crippen LogP contribution in [0.2, 0.25) is 0 Å². The van der Waals surface area contributed by atoms with E-state index in [-0.39, 0.29) is 17.1 Å². The summed E-state index contributed by atoms with van der Waals surface area (Å²) in [5, 5.41) is 0. The highest BCUT2D eigenvalue weighted by molar-refractivity contribution is 7.99. The minimum Gasteiger partial charge on any atom is -0.480 e. The predicted octanol–water partition coefficient (Wildman–Crippen LogP) is 3.29. The number of rotatable bonds is 1. The van der Waals surface area contributed by atoms with Gasteiger partial charge in [-0.1, -0.05) is 32.9 Å². The Labute approximate surface area is 128 Å². The second kappa shape index (κ2) is 5.22. The molecule has 4 nitrogen and oxygen atoms in total. The summed E-state index contributed by atoms with van der Waals surface area (Å²) in [6.45, 7) is 6.14. The molecule has 1 aliphatic rings. The van der Waals surface area contributed by atoms with Crippen LogP contribution in [0.4, 0.5) is 0 Å². The van der Waals surface area contributed by atoms with Crippen LogP contribution in [0, 0.1) is 0 Å². The minimum atomic E-state index is -0.222. The molecule has 0 radical (unpaired) electrons. The van der Waals surface area contributed by atoms with Crippen LogP contribution in [0.1, 0.15) is 38.4 Å². The predicted molar refractivity (Wildman–Crippen MR) is 84.1 cm³/mol. The number of H-pyrrole nitrogens is 1. The standard InChI is InChI=1S/C16H18N2O2S/c1-16(2,3)13-8-14(19)18-15(17-13)11-9-21-12-7-5-4-6-10(12)20-11/h4-8,11H,9H2,1-3H3,(H,17,18,19). The number of aromatic nitrogens is 2. The van der Waals surface area contributed by atoms with E-state index < -0.39 is 0 Å². The third-order valence-electron chi connectivity index (χ3n) is 3.34. The molecular formula is C16H18N2O2S. The van der Waals surface area contributed by atoms with Crippen molar-refractivity contribution in [2.75, 3.05) is 5.75 Å². The van der Waals surface area contributed by atoms with Gasteiger partial charge in [0.2, 0.25) is 0 Å². The number of para-hydroxylation sites is 1. The molecule has 1 aromatic heterocycles. The minimum absolute atomic E-state index is 0.127. The molecule has 110 valence electrons. The molecule has 3 rings (SSSR count). The van der Waals surface area contributed by atoms with Gasteiger partial charge in [-0.3, -0.25) is 4.79 Å². The third kappa shape index (κ3) is 2.97.